The summed E-state index contributed by atoms with van der Waals surface area (Å²) in [5.74, 6) is 0. The molecule has 0 saturated heterocycles. The Morgan fingerprint density at radius 3 is 2.00 bits per heavy atom. The van der Waals surface area contributed by atoms with E-state index in [-0.39, 0.29) is 6.54 Å². The van der Waals surface area contributed by atoms with E-state index in [0.29, 0.717) is 0 Å². The van der Waals surface area contributed by atoms with Crippen LogP contribution in [0.25, 0.3) is 0 Å². The summed E-state index contributed by atoms with van der Waals surface area (Å²) >= 11 is 0. The molecule has 0 amide bonds. The van der Waals surface area contributed by atoms with Gasteiger partial charge in [-0.25, -0.2) is 0 Å². The molecule has 56 valence electrons. The highest BCUT2D eigenvalue weighted by atomic mass is 31.2. The lowest BCUT2D eigenvalue weighted by Gasteiger charge is -2.22. The van der Waals surface area contributed by atoms with Gasteiger partial charge in [-0.3, -0.25) is 4.57 Å². The van der Waals surface area contributed by atoms with Gasteiger partial charge in [-0.1, -0.05) is 0 Å². The van der Waals surface area contributed by atoms with E-state index in [9.17, 15) is 4.57 Å². The van der Waals surface area contributed by atoms with Crippen LogP contribution in [-0.2, 0) is 4.57 Å². The van der Waals surface area contributed by atoms with Crippen molar-refractivity contribution in [3.8, 4) is 0 Å². The van der Waals surface area contributed by atoms with Crippen LogP contribution in [0.4, 0.5) is 0 Å². The van der Waals surface area contributed by atoms with Crippen LogP contribution in [0, 0.1) is 0 Å². The van der Waals surface area contributed by atoms with Crippen molar-refractivity contribution in [1.82, 2.24) is 0 Å². The van der Waals surface area contributed by atoms with Gasteiger partial charge in [0.15, 0.2) is 0 Å². The predicted molar refractivity (Wildman–Crippen MR) is 33.7 cm³/mol. The van der Waals surface area contributed by atoms with E-state index >= 15 is 0 Å². The van der Waals surface area contributed by atoms with E-state index in [1.165, 1.54) is 6.92 Å². The first-order chi connectivity index (χ1) is 3.81. The first-order valence-electron chi connectivity index (χ1n) is 2.36. The Kier molecular flexibility index (Phi) is 2.38. The minimum atomic E-state index is -4.22. The topological polar surface area (TPSA) is 110 Å². The van der Waals surface area contributed by atoms with Crippen molar-refractivity contribution >= 4 is 7.60 Å². The molecule has 1 unspecified atom stereocenters. The van der Waals surface area contributed by atoms with Crippen molar-refractivity contribution in [2.24, 2.45) is 11.5 Å². The smallest absolute Gasteiger partial charge is 0.328 e. The van der Waals surface area contributed by atoms with Crippen molar-refractivity contribution in [2.45, 2.75) is 12.2 Å². The number of hydrogen-bond donors (Lipinski definition) is 4. The van der Waals surface area contributed by atoms with Gasteiger partial charge in [0.25, 0.3) is 0 Å². The average molecular weight is 154 g/mol. The molecule has 0 saturated carbocycles. The molecule has 0 heterocycles. The second-order valence-electron chi connectivity index (χ2n) is 2.11. The van der Waals surface area contributed by atoms with Gasteiger partial charge >= 0.3 is 7.60 Å². The van der Waals surface area contributed by atoms with Crippen LogP contribution >= 0.6 is 7.60 Å². The third kappa shape index (κ3) is 2.04. The Labute approximate surface area is 53.2 Å². The van der Waals surface area contributed by atoms with Gasteiger partial charge in [-0.05, 0) is 6.92 Å². The molecule has 0 rings (SSSR count). The lowest BCUT2D eigenvalue weighted by atomic mass is 10.4. The minimum absolute atomic E-state index is 0.225. The average Bonchev–Trinajstić information content (AvgIpc) is 1.64. The summed E-state index contributed by atoms with van der Waals surface area (Å²) in [4.78, 5) is 16.9. The van der Waals surface area contributed by atoms with Crippen LogP contribution in [0.15, 0.2) is 0 Å². The van der Waals surface area contributed by atoms with Gasteiger partial charge in [0.1, 0.15) is 5.28 Å². The van der Waals surface area contributed by atoms with Crippen molar-refractivity contribution < 1.29 is 14.4 Å². The number of rotatable bonds is 2. The number of hydrogen-bond acceptors (Lipinski definition) is 3. The molecule has 1 atom stereocenters. The lowest BCUT2D eigenvalue weighted by Crippen LogP contribution is -2.43. The van der Waals surface area contributed by atoms with Gasteiger partial charge in [0, 0.05) is 6.54 Å². The molecule has 0 bridgehead atoms. The summed E-state index contributed by atoms with van der Waals surface area (Å²) in [6.07, 6.45) is 0. The van der Waals surface area contributed by atoms with Crippen molar-refractivity contribution in [3.05, 3.63) is 0 Å². The SMILES string of the molecule is CC(N)(CN)P(=O)(O)O. The third-order valence-electron chi connectivity index (χ3n) is 1.08. The van der Waals surface area contributed by atoms with Crippen LogP contribution in [0.3, 0.4) is 0 Å². The van der Waals surface area contributed by atoms with Crippen molar-refractivity contribution in [1.29, 1.82) is 0 Å². The lowest BCUT2D eigenvalue weighted by molar-refractivity contribution is 0.333. The van der Waals surface area contributed by atoms with E-state index in [1.54, 1.807) is 0 Å². The van der Waals surface area contributed by atoms with Gasteiger partial charge in [-0.2, -0.15) is 0 Å². The second kappa shape index (κ2) is 2.36. The summed E-state index contributed by atoms with van der Waals surface area (Å²) in [5, 5.41) is -1.58. The van der Waals surface area contributed by atoms with Gasteiger partial charge < -0.3 is 21.3 Å². The fourth-order valence-corrected chi connectivity index (χ4v) is 0.357. The Bertz CT molecular complexity index is 140. The molecule has 0 aliphatic rings. The molecule has 0 spiro atoms. The Balaban J connectivity index is 4.34. The molecule has 5 nitrogen and oxygen atoms in total. The summed E-state index contributed by atoms with van der Waals surface area (Å²) in [7, 11) is -4.22. The van der Waals surface area contributed by atoms with Crippen LogP contribution in [0.1, 0.15) is 6.92 Å². The predicted octanol–water partition coefficient (Wildman–Crippen LogP) is -1.20. The first kappa shape index (κ1) is 9.07. The fourth-order valence-electron chi connectivity index (χ4n) is 0.119. The second-order valence-corrected chi connectivity index (χ2v) is 4.22. The molecule has 9 heavy (non-hydrogen) atoms. The van der Waals surface area contributed by atoms with Crippen molar-refractivity contribution in [2.75, 3.05) is 6.54 Å². The molecule has 0 aromatic heterocycles. The summed E-state index contributed by atoms with van der Waals surface area (Å²) in [6.45, 7) is 0.991. The van der Waals surface area contributed by atoms with E-state index in [4.69, 9.17) is 21.3 Å². The highest BCUT2D eigenvalue weighted by molar-refractivity contribution is 7.53. The zero-order valence-corrected chi connectivity index (χ0v) is 6.01. The standard InChI is InChI=1S/C3H11N2O3P/c1-3(5,2-4)9(6,7)8/h2,4-5H2,1H3,(H2,6,7,8). The largest absolute Gasteiger partial charge is 0.346 e. The monoisotopic (exact) mass is 154 g/mol. The maximum atomic E-state index is 10.4. The normalized spacial score (nSPS) is 19.2. The molecule has 0 radical (unpaired) electrons. The molecule has 6 N–H and O–H groups in total. The van der Waals surface area contributed by atoms with E-state index in [0.717, 1.165) is 0 Å². The minimum Gasteiger partial charge on any atom is -0.328 e. The molecule has 0 aliphatic carbocycles. The fraction of sp³-hybridized carbons (Fsp3) is 1.00. The summed E-state index contributed by atoms with van der Waals surface area (Å²) < 4.78 is 10.4. The Morgan fingerprint density at radius 1 is 1.67 bits per heavy atom. The summed E-state index contributed by atoms with van der Waals surface area (Å²) in [5.41, 5.74) is 10.1. The Morgan fingerprint density at radius 2 is 2.00 bits per heavy atom. The van der Waals surface area contributed by atoms with Crippen LogP contribution in [-0.4, -0.2) is 21.6 Å². The van der Waals surface area contributed by atoms with Gasteiger partial charge in [0.05, 0.1) is 0 Å². The van der Waals surface area contributed by atoms with Gasteiger partial charge in [0.2, 0.25) is 0 Å². The maximum absolute atomic E-state index is 10.4. The summed E-state index contributed by atoms with van der Waals surface area (Å²) in [6, 6.07) is 0. The molecule has 0 aliphatic heterocycles. The van der Waals surface area contributed by atoms with E-state index in [1.807, 2.05) is 0 Å². The van der Waals surface area contributed by atoms with E-state index in [2.05, 4.69) is 0 Å². The maximum Gasteiger partial charge on any atom is 0.346 e. The molecular formula is C3H11N2O3P. The van der Waals surface area contributed by atoms with Gasteiger partial charge in [-0.15, -0.1) is 0 Å². The molecule has 0 aromatic carbocycles. The number of nitrogens with two attached hydrogens (primary N) is 2. The molecule has 0 aromatic rings. The van der Waals surface area contributed by atoms with Crippen LogP contribution in [0.5, 0.6) is 0 Å². The highest BCUT2D eigenvalue weighted by Gasteiger charge is 2.36. The van der Waals surface area contributed by atoms with Crippen LogP contribution in [0.2, 0.25) is 0 Å². The molecule has 0 fully saturated rings. The van der Waals surface area contributed by atoms with Crippen LogP contribution < -0.4 is 11.5 Å². The zero-order chi connectivity index (χ0) is 7.71. The third-order valence-corrected chi connectivity index (χ3v) is 2.59. The quantitative estimate of drug-likeness (QED) is 0.373. The first-order valence-corrected chi connectivity index (χ1v) is 3.97. The zero-order valence-electron chi connectivity index (χ0n) is 5.11. The Hall–Kier alpha value is 0.0700. The van der Waals surface area contributed by atoms with E-state index < -0.39 is 12.9 Å². The molecule has 6 heteroatoms. The van der Waals surface area contributed by atoms with Crippen molar-refractivity contribution in [3.63, 3.8) is 0 Å². The highest BCUT2D eigenvalue weighted by Crippen LogP contribution is 2.45. The molecular weight excluding hydrogens is 143 g/mol.